The molecule has 1 atom stereocenters. The lowest BCUT2D eigenvalue weighted by Crippen LogP contribution is -2.51. The van der Waals surface area contributed by atoms with Gasteiger partial charge in [-0.05, 0) is 12.8 Å². The molecule has 0 aromatic carbocycles. The fourth-order valence-corrected chi connectivity index (χ4v) is 2.87. The van der Waals surface area contributed by atoms with Gasteiger partial charge in [0.1, 0.15) is 0 Å². The van der Waals surface area contributed by atoms with Crippen molar-refractivity contribution in [2.24, 2.45) is 5.92 Å². The summed E-state index contributed by atoms with van der Waals surface area (Å²) >= 11 is 1.55. The van der Waals surface area contributed by atoms with Crippen molar-refractivity contribution in [1.29, 1.82) is 0 Å². The van der Waals surface area contributed by atoms with Gasteiger partial charge in [-0.25, -0.2) is 4.98 Å². The third kappa shape index (κ3) is 5.09. The van der Waals surface area contributed by atoms with Crippen molar-refractivity contribution in [3.8, 4) is 0 Å². The molecule has 1 rings (SSSR count). The van der Waals surface area contributed by atoms with Gasteiger partial charge < -0.3 is 10.4 Å². The van der Waals surface area contributed by atoms with E-state index in [9.17, 15) is 9.59 Å². The Hall–Kier alpha value is -1.43. The molecule has 0 aliphatic carbocycles. The number of carbonyl (C=O) groups excluding carboxylic acids is 1. The summed E-state index contributed by atoms with van der Waals surface area (Å²) in [6.45, 7) is 11.8. The molecule has 1 amide bonds. The zero-order chi connectivity index (χ0) is 17.1. The van der Waals surface area contributed by atoms with Gasteiger partial charge in [-0.1, -0.05) is 34.6 Å². The molecule has 5 nitrogen and oxygen atoms in total. The molecular formula is C16H26N2O3S. The molecule has 0 fully saturated rings. The van der Waals surface area contributed by atoms with Gasteiger partial charge in [-0.15, -0.1) is 11.3 Å². The van der Waals surface area contributed by atoms with E-state index >= 15 is 0 Å². The van der Waals surface area contributed by atoms with E-state index in [-0.39, 0.29) is 30.1 Å². The molecule has 6 heteroatoms. The Morgan fingerprint density at radius 2 is 1.91 bits per heavy atom. The van der Waals surface area contributed by atoms with Crippen LogP contribution in [0.1, 0.15) is 58.7 Å². The predicted octanol–water partition coefficient (Wildman–Crippen LogP) is 2.99. The molecule has 1 unspecified atom stereocenters. The van der Waals surface area contributed by atoms with Gasteiger partial charge in [-0.2, -0.15) is 0 Å². The minimum atomic E-state index is -0.917. The highest BCUT2D eigenvalue weighted by Crippen LogP contribution is 2.26. The van der Waals surface area contributed by atoms with Crippen molar-refractivity contribution in [1.82, 2.24) is 10.3 Å². The number of carboxylic acids is 1. The lowest BCUT2D eigenvalue weighted by Gasteiger charge is -2.33. The summed E-state index contributed by atoms with van der Waals surface area (Å²) in [5.74, 6) is -1.09. The topological polar surface area (TPSA) is 79.3 Å². The third-order valence-electron chi connectivity index (χ3n) is 3.75. The van der Waals surface area contributed by atoms with Gasteiger partial charge >= 0.3 is 5.97 Å². The van der Waals surface area contributed by atoms with E-state index in [0.717, 1.165) is 10.7 Å². The fourth-order valence-electron chi connectivity index (χ4n) is 1.97. The molecule has 0 radical (unpaired) electrons. The molecule has 0 aliphatic heterocycles. The van der Waals surface area contributed by atoms with Crippen LogP contribution in [0.25, 0.3) is 0 Å². The molecule has 1 aromatic rings. The average molecular weight is 326 g/mol. The van der Waals surface area contributed by atoms with Crippen molar-refractivity contribution in [3.05, 3.63) is 16.1 Å². The molecular weight excluding hydrogens is 300 g/mol. The first-order chi connectivity index (χ1) is 9.94. The van der Waals surface area contributed by atoms with Crippen LogP contribution in [0.15, 0.2) is 5.38 Å². The number of nitrogens with one attached hydrogen (secondary N) is 1. The molecule has 0 spiro atoms. The highest BCUT2D eigenvalue weighted by molar-refractivity contribution is 7.09. The van der Waals surface area contributed by atoms with E-state index in [1.807, 2.05) is 19.2 Å². The molecule has 1 heterocycles. The highest BCUT2D eigenvalue weighted by Gasteiger charge is 2.33. The SMILES string of the molecule is CC(C)C(C)(CC(=O)O)NC(=O)Cc1csc(C(C)(C)C)n1. The standard InChI is InChI=1S/C16H26N2O3S/c1-10(2)16(6,8-13(20)21)18-12(19)7-11-9-22-14(17-11)15(3,4)5/h9-10H,7-8H2,1-6H3,(H,18,19)(H,20,21). The van der Waals surface area contributed by atoms with Crippen molar-refractivity contribution in [3.63, 3.8) is 0 Å². The zero-order valence-corrected chi connectivity index (χ0v) is 15.0. The summed E-state index contributed by atoms with van der Waals surface area (Å²) in [5, 5.41) is 14.8. The number of rotatable bonds is 6. The molecule has 0 saturated carbocycles. The van der Waals surface area contributed by atoms with Crippen LogP contribution in [0.2, 0.25) is 0 Å². The van der Waals surface area contributed by atoms with Crippen LogP contribution < -0.4 is 5.32 Å². The molecule has 0 saturated heterocycles. The highest BCUT2D eigenvalue weighted by atomic mass is 32.1. The average Bonchev–Trinajstić information content (AvgIpc) is 2.75. The summed E-state index contributed by atoms with van der Waals surface area (Å²) in [6, 6.07) is 0. The van der Waals surface area contributed by atoms with Gasteiger partial charge in [-0.3, -0.25) is 9.59 Å². The monoisotopic (exact) mass is 326 g/mol. The minimum Gasteiger partial charge on any atom is -0.481 e. The van der Waals surface area contributed by atoms with E-state index in [4.69, 9.17) is 5.11 Å². The first-order valence-electron chi connectivity index (χ1n) is 7.42. The Balaban J connectivity index is 2.76. The molecule has 2 N–H and O–H groups in total. The zero-order valence-electron chi connectivity index (χ0n) is 14.2. The van der Waals surface area contributed by atoms with Crippen LogP contribution in [0, 0.1) is 5.92 Å². The summed E-state index contributed by atoms with van der Waals surface area (Å²) in [6.07, 6.45) is 0.0786. The van der Waals surface area contributed by atoms with Gasteiger partial charge in [0.05, 0.1) is 23.5 Å². The maximum Gasteiger partial charge on any atom is 0.305 e. The molecule has 1 aromatic heterocycles. The van der Waals surface area contributed by atoms with Gasteiger partial charge in [0.25, 0.3) is 0 Å². The van der Waals surface area contributed by atoms with Gasteiger partial charge in [0.15, 0.2) is 0 Å². The van der Waals surface area contributed by atoms with Crippen LogP contribution in [0.4, 0.5) is 0 Å². The lowest BCUT2D eigenvalue weighted by molar-refractivity contribution is -0.139. The molecule has 22 heavy (non-hydrogen) atoms. The van der Waals surface area contributed by atoms with Gasteiger partial charge in [0.2, 0.25) is 5.91 Å². The summed E-state index contributed by atoms with van der Waals surface area (Å²) in [4.78, 5) is 27.7. The van der Waals surface area contributed by atoms with E-state index in [0.29, 0.717) is 0 Å². The van der Waals surface area contributed by atoms with E-state index < -0.39 is 11.5 Å². The Kier molecular flexibility index (Phi) is 5.73. The van der Waals surface area contributed by atoms with E-state index in [2.05, 4.69) is 31.1 Å². The van der Waals surface area contributed by atoms with Crippen molar-refractivity contribution >= 4 is 23.2 Å². The number of aliphatic carboxylic acids is 1. The first kappa shape index (κ1) is 18.6. The quantitative estimate of drug-likeness (QED) is 0.842. The van der Waals surface area contributed by atoms with E-state index in [1.54, 1.807) is 18.3 Å². The van der Waals surface area contributed by atoms with E-state index in [1.165, 1.54) is 0 Å². The van der Waals surface area contributed by atoms with Crippen molar-refractivity contribution < 1.29 is 14.7 Å². The summed E-state index contributed by atoms with van der Waals surface area (Å²) in [7, 11) is 0. The van der Waals surface area contributed by atoms with Crippen LogP contribution in [0.5, 0.6) is 0 Å². The molecule has 0 bridgehead atoms. The Morgan fingerprint density at radius 1 is 1.32 bits per heavy atom. The number of thiazole rings is 1. The first-order valence-corrected chi connectivity index (χ1v) is 8.29. The molecule has 0 aliphatic rings. The second-order valence-corrected chi connectivity index (χ2v) is 8.12. The van der Waals surface area contributed by atoms with Crippen molar-refractivity contribution in [2.75, 3.05) is 0 Å². The number of nitrogens with zero attached hydrogens (tertiary/aromatic N) is 1. The number of amides is 1. The Morgan fingerprint density at radius 3 is 2.32 bits per heavy atom. The number of aromatic nitrogens is 1. The normalized spacial score (nSPS) is 14.7. The van der Waals surface area contributed by atoms with Crippen LogP contribution in [-0.2, 0) is 21.4 Å². The summed E-state index contributed by atoms with van der Waals surface area (Å²) < 4.78 is 0. The van der Waals surface area contributed by atoms with Gasteiger partial charge in [0, 0.05) is 16.3 Å². The predicted molar refractivity (Wildman–Crippen MR) is 88.2 cm³/mol. The van der Waals surface area contributed by atoms with Crippen molar-refractivity contribution in [2.45, 2.75) is 65.3 Å². The Bertz CT molecular complexity index is 546. The number of hydrogen-bond donors (Lipinski definition) is 2. The van der Waals surface area contributed by atoms with Crippen LogP contribution >= 0.6 is 11.3 Å². The third-order valence-corrected chi connectivity index (χ3v) is 5.07. The second kappa shape index (κ2) is 6.77. The largest absolute Gasteiger partial charge is 0.481 e. The lowest BCUT2D eigenvalue weighted by atomic mass is 9.85. The van der Waals surface area contributed by atoms with Crippen LogP contribution in [-0.4, -0.2) is 27.5 Å². The number of hydrogen-bond acceptors (Lipinski definition) is 4. The number of carboxylic acid groups (broad SMARTS) is 1. The second-order valence-electron chi connectivity index (χ2n) is 7.26. The Labute approximate surface area is 136 Å². The smallest absolute Gasteiger partial charge is 0.305 e. The fraction of sp³-hybridized carbons (Fsp3) is 0.688. The van der Waals surface area contributed by atoms with Crippen LogP contribution in [0.3, 0.4) is 0 Å². The number of carbonyl (C=O) groups is 2. The maximum atomic E-state index is 12.2. The summed E-state index contributed by atoms with van der Waals surface area (Å²) in [5.41, 5.74) is -0.0603. The molecule has 124 valence electrons. The maximum absolute atomic E-state index is 12.2. The minimum absolute atomic E-state index is 0.0214.